The number of rotatable bonds is 4. The van der Waals surface area contributed by atoms with Gasteiger partial charge < -0.3 is 15.1 Å². The first-order valence-corrected chi connectivity index (χ1v) is 9.60. The Kier molecular flexibility index (Phi) is 4.98. The van der Waals surface area contributed by atoms with Crippen molar-refractivity contribution in [3.05, 3.63) is 54.1 Å². The fourth-order valence-electron chi connectivity index (χ4n) is 3.86. The van der Waals surface area contributed by atoms with Gasteiger partial charge in [-0.05, 0) is 55.3 Å². The number of anilines is 3. The van der Waals surface area contributed by atoms with Crippen LogP contribution in [0, 0.1) is 17.2 Å². The standard InChI is InChI=1S/C22H22N4O2/c23-14-16-4-3-5-18(12-16)24-22(28)17-13-21(27)26(15-17)20-8-6-19(7-9-20)25-10-1-2-11-25/h3-9,12,17H,1-2,10-11,13,15H2,(H,24,28). The average Bonchev–Trinajstić information content (AvgIpc) is 3.38. The van der Waals surface area contributed by atoms with Crippen LogP contribution in [0.15, 0.2) is 48.5 Å². The molecule has 2 amide bonds. The molecule has 0 spiro atoms. The zero-order chi connectivity index (χ0) is 19.5. The highest BCUT2D eigenvalue weighted by atomic mass is 16.2. The fraction of sp³-hybridized carbons (Fsp3) is 0.318. The molecule has 2 saturated heterocycles. The van der Waals surface area contributed by atoms with E-state index in [1.807, 2.05) is 12.1 Å². The van der Waals surface area contributed by atoms with Gasteiger partial charge >= 0.3 is 0 Å². The van der Waals surface area contributed by atoms with E-state index in [0.717, 1.165) is 18.8 Å². The maximum atomic E-state index is 12.6. The van der Waals surface area contributed by atoms with Gasteiger partial charge in [0.1, 0.15) is 0 Å². The zero-order valence-corrected chi connectivity index (χ0v) is 15.6. The molecule has 6 nitrogen and oxygen atoms in total. The zero-order valence-electron chi connectivity index (χ0n) is 15.6. The molecule has 0 radical (unpaired) electrons. The molecule has 28 heavy (non-hydrogen) atoms. The van der Waals surface area contributed by atoms with E-state index in [1.54, 1.807) is 29.2 Å². The molecular weight excluding hydrogens is 352 g/mol. The van der Waals surface area contributed by atoms with E-state index in [1.165, 1.54) is 18.5 Å². The summed E-state index contributed by atoms with van der Waals surface area (Å²) < 4.78 is 0. The Bertz CT molecular complexity index is 926. The minimum atomic E-state index is -0.406. The Labute approximate surface area is 164 Å². The summed E-state index contributed by atoms with van der Waals surface area (Å²) >= 11 is 0. The Morgan fingerprint density at radius 1 is 1.07 bits per heavy atom. The van der Waals surface area contributed by atoms with Crippen molar-refractivity contribution in [2.24, 2.45) is 5.92 Å². The molecule has 4 rings (SSSR count). The number of nitriles is 1. The second kappa shape index (κ2) is 7.73. The lowest BCUT2D eigenvalue weighted by molar-refractivity contribution is -0.122. The summed E-state index contributed by atoms with van der Waals surface area (Å²) in [4.78, 5) is 29.1. The van der Waals surface area contributed by atoms with Crippen LogP contribution in [-0.2, 0) is 9.59 Å². The van der Waals surface area contributed by atoms with Crippen molar-refractivity contribution in [1.29, 1.82) is 5.26 Å². The summed E-state index contributed by atoms with van der Waals surface area (Å²) in [6.07, 6.45) is 2.64. The van der Waals surface area contributed by atoms with E-state index in [2.05, 4.69) is 28.4 Å². The number of nitrogens with zero attached hydrogens (tertiary/aromatic N) is 3. The van der Waals surface area contributed by atoms with E-state index in [9.17, 15) is 9.59 Å². The van der Waals surface area contributed by atoms with Gasteiger partial charge in [-0.3, -0.25) is 9.59 Å². The molecule has 1 unspecified atom stereocenters. The number of amides is 2. The quantitative estimate of drug-likeness (QED) is 0.892. The molecule has 0 saturated carbocycles. The van der Waals surface area contributed by atoms with Crippen LogP contribution in [0.4, 0.5) is 17.1 Å². The van der Waals surface area contributed by atoms with Crippen LogP contribution in [0.25, 0.3) is 0 Å². The normalized spacial score (nSPS) is 19.0. The summed E-state index contributed by atoms with van der Waals surface area (Å²) in [5.41, 5.74) is 3.07. The van der Waals surface area contributed by atoms with Crippen molar-refractivity contribution in [3.8, 4) is 6.07 Å². The van der Waals surface area contributed by atoms with Crippen LogP contribution in [0.5, 0.6) is 0 Å². The molecule has 1 atom stereocenters. The predicted octanol–water partition coefficient (Wildman–Crippen LogP) is 3.15. The van der Waals surface area contributed by atoms with Gasteiger partial charge in [-0.2, -0.15) is 5.26 Å². The molecule has 0 aromatic heterocycles. The summed E-state index contributed by atoms with van der Waals surface area (Å²) in [5.74, 6) is -0.643. The number of carbonyl (C=O) groups is 2. The third-order valence-corrected chi connectivity index (χ3v) is 5.39. The molecule has 1 N–H and O–H groups in total. The molecular formula is C22H22N4O2. The topological polar surface area (TPSA) is 76.4 Å². The van der Waals surface area contributed by atoms with Gasteiger partial charge in [0.05, 0.1) is 17.6 Å². The Morgan fingerprint density at radius 3 is 2.50 bits per heavy atom. The van der Waals surface area contributed by atoms with Crippen LogP contribution in [0.1, 0.15) is 24.8 Å². The van der Waals surface area contributed by atoms with Crippen molar-refractivity contribution >= 4 is 28.9 Å². The molecule has 2 fully saturated rings. The van der Waals surface area contributed by atoms with Gasteiger partial charge in [-0.1, -0.05) is 6.07 Å². The highest BCUT2D eigenvalue weighted by Gasteiger charge is 2.35. The first kappa shape index (κ1) is 18.1. The monoisotopic (exact) mass is 374 g/mol. The highest BCUT2D eigenvalue weighted by molar-refractivity contribution is 6.03. The number of hydrogen-bond acceptors (Lipinski definition) is 4. The van der Waals surface area contributed by atoms with Gasteiger partial charge in [0.2, 0.25) is 11.8 Å². The summed E-state index contributed by atoms with van der Waals surface area (Å²) in [7, 11) is 0. The molecule has 2 aromatic carbocycles. The van der Waals surface area contributed by atoms with Gasteiger partial charge in [-0.25, -0.2) is 0 Å². The van der Waals surface area contributed by atoms with Crippen LogP contribution in [-0.4, -0.2) is 31.4 Å². The molecule has 142 valence electrons. The van der Waals surface area contributed by atoms with Crippen LogP contribution in [0.2, 0.25) is 0 Å². The molecule has 0 aliphatic carbocycles. The lowest BCUT2D eigenvalue weighted by Crippen LogP contribution is -2.28. The first-order valence-electron chi connectivity index (χ1n) is 9.60. The van der Waals surface area contributed by atoms with Crippen molar-refractivity contribution in [3.63, 3.8) is 0 Å². The van der Waals surface area contributed by atoms with E-state index >= 15 is 0 Å². The van der Waals surface area contributed by atoms with Gasteiger partial charge in [0.15, 0.2) is 0 Å². The Hall–Kier alpha value is -3.33. The number of nitrogens with one attached hydrogen (secondary N) is 1. The summed E-state index contributed by atoms with van der Waals surface area (Å²) in [6, 6.07) is 16.9. The summed E-state index contributed by atoms with van der Waals surface area (Å²) in [6.45, 7) is 2.53. The maximum absolute atomic E-state index is 12.6. The van der Waals surface area contributed by atoms with Crippen molar-refractivity contribution in [1.82, 2.24) is 0 Å². The average molecular weight is 374 g/mol. The third-order valence-electron chi connectivity index (χ3n) is 5.39. The van der Waals surface area contributed by atoms with Gasteiger partial charge in [-0.15, -0.1) is 0 Å². The molecule has 2 aliphatic heterocycles. The van der Waals surface area contributed by atoms with E-state index in [-0.39, 0.29) is 18.2 Å². The van der Waals surface area contributed by atoms with Crippen molar-refractivity contribution in [2.45, 2.75) is 19.3 Å². The van der Waals surface area contributed by atoms with Crippen LogP contribution < -0.4 is 15.1 Å². The largest absolute Gasteiger partial charge is 0.372 e. The molecule has 0 bridgehead atoms. The molecule has 2 aromatic rings. The Balaban J connectivity index is 1.41. The van der Waals surface area contributed by atoms with Gasteiger partial charge in [0.25, 0.3) is 0 Å². The number of benzene rings is 2. The lowest BCUT2D eigenvalue weighted by Gasteiger charge is -2.20. The molecule has 6 heteroatoms. The predicted molar refractivity (Wildman–Crippen MR) is 108 cm³/mol. The van der Waals surface area contributed by atoms with Crippen molar-refractivity contribution in [2.75, 3.05) is 34.8 Å². The minimum absolute atomic E-state index is 0.0418. The number of hydrogen-bond donors (Lipinski definition) is 1. The second-order valence-corrected chi connectivity index (χ2v) is 7.30. The maximum Gasteiger partial charge on any atom is 0.229 e. The summed E-state index contributed by atoms with van der Waals surface area (Å²) in [5, 5.41) is 11.8. The second-order valence-electron chi connectivity index (χ2n) is 7.30. The SMILES string of the molecule is N#Cc1cccc(NC(=O)C2CC(=O)N(c3ccc(N4CCCC4)cc3)C2)c1. The van der Waals surface area contributed by atoms with E-state index < -0.39 is 5.92 Å². The highest BCUT2D eigenvalue weighted by Crippen LogP contribution is 2.29. The smallest absolute Gasteiger partial charge is 0.229 e. The fourth-order valence-corrected chi connectivity index (χ4v) is 3.86. The minimum Gasteiger partial charge on any atom is -0.372 e. The van der Waals surface area contributed by atoms with E-state index in [4.69, 9.17) is 5.26 Å². The first-order chi connectivity index (χ1) is 13.6. The van der Waals surface area contributed by atoms with Gasteiger partial charge in [0, 0.05) is 43.1 Å². The van der Waals surface area contributed by atoms with Crippen LogP contribution in [0.3, 0.4) is 0 Å². The van der Waals surface area contributed by atoms with E-state index in [0.29, 0.717) is 17.8 Å². The lowest BCUT2D eigenvalue weighted by atomic mass is 10.1. The van der Waals surface area contributed by atoms with Crippen LogP contribution >= 0.6 is 0 Å². The molecule has 2 heterocycles. The van der Waals surface area contributed by atoms with Crippen molar-refractivity contribution < 1.29 is 9.59 Å². The Morgan fingerprint density at radius 2 is 1.79 bits per heavy atom. The number of carbonyl (C=O) groups excluding carboxylic acids is 2. The third kappa shape index (κ3) is 3.70. The molecule has 2 aliphatic rings.